The first-order chi connectivity index (χ1) is 45.3. The Balaban J connectivity index is 0.000000538. The van der Waals surface area contributed by atoms with Crippen LogP contribution in [-0.4, -0.2) is 196 Å². The average molecular weight is 1330 g/mol. The molecular formula is C86H180N8. The highest BCUT2D eigenvalue weighted by atomic mass is 15.2. The van der Waals surface area contributed by atoms with Crippen molar-refractivity contribution in [3.05, 3.63) is 0 Å². The lowest BCUT2D eigenvalue weighted by atomic mass is 10.1. The molecule has 8 aliphatic heterocycles. The van der Waals surface area contributed by atoms with Crippen molar-refractivity contribution in [2.75, 3.05) is 157 Å². The van der Waals surface area contributed by atoms with Gasteiger partial charge in [-0.1, -0.05) is 188 Å². The minimum Gasteiger partial charge on any atom is -0.303 e. The maximum Gasteiger partial charge on any atom is -0.000654 e. The first-order valence-corrected chi connectivity index (χ1v) is 43.1. The van der Waals surface area contributed by atoms with Crippen LogP contribution in [0.15, 0.2) is 0 Å². The first-order valence-electron chi connectivity index (χ1n) is 43.1. The second-order valence-corrected chi connectivity index (χ2v) is 34.8. The van der Waals surface area contributed by atoms with E-state index in [1.54, 1.807) is 0 Å². The van der Waals surface area contributed by atoms with Gasteiger partial charge in [0.1, 0.15) is 0 Å². The molecule has 0 unspecified atom stereocenters. The summed E-state index contributed by atoms with van der Waals surface area (Å²) in [5.74, 6) is 7.11. The van der Waals surface area contributed by atoms with Crippen LogP contribution in [0.1, 0.15) is 355 Å². The summed E-state index contributed by atoms with van der Waals surface area (Å²) in [5.41, 5.74) is 0. The van der Waals surface area contributed by atoms with E-state index >= 15 is 0 Å². The van der Waals surface area contributed by atoms with E-state index in [-0.39, 0.29) is 0 Å². The Morgan fingerprint density at radius 3 is 0.383 bits per heavy atom. The fraction of sp³-hybridized carbons (Fsp3) is 1.00. The van der Waals surface area contributed by atoms with E-state index in [9.17, 15) is 0 Å². The number of likely N-dealkylation sites (tertiary alicyclic amines) is 8. The summed E-state index contributed by atoms with van der Waals surface area (Å²) < 4.78 is 0. The molecule has 8 heteroatoms. The number of piperidine rings is 4. The molecule has 0 aliphatic carbocycles. The second-order valence-electron chi connectivity index (χ2n) is 34.8. The van der Waals surface area contributed by atoms with Crippen LogP contribution in [0, 0.1) is 47.3 Å². The number of unbranched alkanes of at least 4 members (excludes halogenated alkanes) is 4. The van der Waals surface area contributed by atoms with Crippen LogP contribution in [-0.2, 0) is 0 Å². The number of nitrogens with zero attached hydrogens (tertiary/aromatic N) is 8. The molecule has 0 radical (unpaired) electrons. The molecule has 0 spiro atoms. The normalized spacial score (nSPS) is 19.7. The summed E-state index contributed by atoms with van der Waals surface area (Å²) >= 11 is 0. The lowest BCUT2D eigenvalue weighted by Gasteiger charge is -2.30. The van der Waals surface area contributed by atoms with Gasteiger partial charge in [0, 0.05) is 0 Å². The van der Waals surface area contributed by atoms with E-state index in [4.69, 9.17) is 0 Å². The van der Waals surface area contributed by atoms with Crippen LogP contribution in [0.2, 0.25) is 0 Å². The van der Waals surface area contributed by atoms with Crippen molar-refractivity contribution in [1.82, 2.24) is 39.2 Å². The highest BCUT2D eigenvalue weighted by Crippen LogP contribution is 2.18. The summed E-state index contributed by atoms with van der Waals surface area (Å²) in [5, 5.41) is 0. The van der Waals surface area contributed by atoms with Gasteiger partial charge in [-0.2, -0.15) is 0 Å². The molecule has 0 aromatic rings. The summed E-state index contributed by atoms with van der Waals surface area (Å²) in [6.07, 6.45) is 54.1. The van der Waals surface area contributed by atoms with Gasteiger partial charge in [0.05, 0.1) is 0 Å². The zero-order chi connectivity index (χ0) is 69.1. The highest BCUT2D eigenvalue weighted by molar-refractivity contribution is 4.72. The van der Waals surface area contributed by atoms with Crippen molar-refractivity contribution in [2.45, 2.75) is 355 Å². The van der Waals surface area contributed by atoms with Crippen molar-refractivity contribution < 1.29 is 0 Å². The van der Waals surface area contributed by atoms with Gasteiger partial charge < -0.3 is 39.2 Å². The minimum atomic E-state index is 0.884. The van der Waals surface area contributed by atoms with Crippen LogP contribution < -0.4 is 0 Å². The van der Waals surface area contributed by atoms with E-state index in [0.29, 0.717) is 0 Å². The van der Waals surface area contributed by atoms with Crippen molar-refractivity contribution in [2.24, 2.45) is 47.3 Å². The van der Waals surface area contributed by atoms with Crippen LogP contribution in [0.4, 0.5) is 0 Å². The molecule has 8 nitrogen and oxygen atoms in total. The molecule has 0 saturated carbocycles. The molecule has 0 bridgehead atoms. The van der Waals surface area contributed by atoms with E-state index < -0.39 is 0 Å². The third kappa shape index (κ3) is 62.7. The third-order valence-corrected chi connectivity index (χ3v) is 21.1. The quantitative estimate of drug-likeness (QED) is 0.0573. The summed E-state index contributed by atoms with van der Waals surface area (Å²) in [6.45, 7) is 69.6. The van der Waals surface area contributed by atoms with Crippen LogP contribution >= 0.6 is 0 Å². The Morgan fingerprint density at radius 2 is 0.255 bits per heavy atom. The van der Waals surface area contributed by atoms with E-state index in [1.807, 2.05) is 0 Å². The molecule has 0 aromatic carbocycles. The van der Waals surface area contributed by atoms with Crippen LogP contribution in [0.25, 0.3) is 0 Å². The Hall–Kier alpha value is -0.320. The standard InChI is InChI=1S/2C12H25N.3C11H23N.2C10H21N.C9H19N/c2*1-12(2)8-4-7-11-13-9-5-3-6-10-13;1-11(2)7-3-4-8-12-9-5-6-10-12;2*1-11(2)7-6-10-12-8-4-3-5-9-12;1-10(2)6-5-9-11-7-3-4-8-11;1-10(2)6-3-4-7-11-8-5-9-11;1-9(2)5-3-6-10-7-4-8-10/h2*12H,3-11H2,1-2H3;3*11H,3-10H2,1-2H3;2*10H,3-9H2,1-2H3;9H,3-8H2,1-2H3. The zero-order valence-corrected chi connectivity index (χ0v) is 68.0. The molecule has 8 rings (SSSR count). The molecule has 0 atom stereocenters. The molecule has 94 heavy (non-hydrogen) atoms. The van der Waals surface area contributed by atoms with Gasteiger partial charge >= 0.3 is 0 Å². The summed E-state index contributed by atoms with van der Waals surface area (Å²) in [6, 6.07) is 0. The monoisotopic (exact) mass is 1330 g/mol. The number of rotatable bonds is 36. The van der Waals surface area contributed by atoms with Gasteiger partial charge in [-0.25, -0.2) is 0 Å². The van der Waals surface area contributed by atoms with Crippen LogP contribution in [0.3, 0.4) is 0 Å². The third-order valence-electron chi connectivity index (χ3n) is 21.1. The number of hydrogen-bond acceptors (Lipinski definition) is 8. The van der Waals surface area contributed by atoms with E-state index in [0.717, 1.165) is 47.3 Å². The van der Waals surface area contributed by atoms with Crippen LogP contribution in [0.5, 0.6) is 0 Å². The lowest BCUT2D eigenvalue weighted by molar-refractivity contribution is 0.176. The van der Waals surface area contributed by atoms with Crippen molar-refractivity contribution >= 4 is 0 Å². The van der Waals surface area contributed by atoms with Crippen molar-refractivity contribution in [3.8, 4) is 0 Å². The summed E-state index contributed by atoms with van der Waals surface area (Å²) in [7, 11) is 0. The van der Waals surface area contributed by atoms with Gasteiger partial charge in [0.25, 0.3) is 0 Å². The SMILES string of the molecule is CC(C)CCCCN1CCC1.CC(C)CCCCN1CCCC1.CC(C)CCCCN1CCCCC1.CC(C)CCCCN1CCCCC1.CC(C)CCCN1CCC1.CC(C)CCCN1CCCC1.CC(C)CCCN1CCCCC1.CC(C)CCCN1CCCCC1. The predicted molar refractivity (Wildman–Crippen MR) is 426 cm³/mol. The molecule has 0 N–H and O–H groups in total. The highest BCUT2D eigenvalue weighted by Gasteiger charge is 2.16. The first kappa shape index (κ1) is 91.7. The Kier molecular flexibility index (Phi) is 63.2. The predicted octanol–water partition coefficient (Wildman–Crippen LogP) is 22.5. The molecule has 8 fully saturated rings. The molecule has 8 aliphatic rings. The van der Waals surface area contributed by atoms with Gasteiger partial charge in [0.15, 0.2) is 0 Å². The van der Waals surface area contributed by atoms with Gasteiger partial charge in [-0.05, 0) is 371 Å². The van der Waals surface area contributed by atoms with Gasteiger partial charge in [0.2, 0.25) is 0 Å². The van der Waals surface area contributed by atoms with E-state index in [2.05, 4.69) is 150 Å². The topological polar surface area (TPSA) is 25.9 Å². The largest absolute Gasteiger partial charge is 0.303 e. The molecule has 564 valence electrons. The maximum absolute atomic E-state index is 2.64. The smallest absolute Gasteiger partial charge is 0.000654 e. The maximum atomic E-state index is 2.64. The van der Waals surface area contributed by atoms with E-state index in [1.165, 1.54) is 401 Å². The fourth-order valence-electron chi connectivity index (χ4n) is 14.4. The fourth-order valence-corrected chi connectivity index (χ4v) is 14.4. The minimum absolute atomic E-state index is 0.884. The Bertz CT molecular complexity index is 1410. The molecule has 0 amide bonds. The molecule has 0 aromatic heterocycles. The van der Waals surface area contributed by atoms with Crippen molar-refractivity contribution in [3.63, 3.8) is 0 Å². The average Bonchev–Trinajstić information content (AvgIpc) is 3.41. The van der Waals surface area contributed by atoms with Gasteiger partial charge in [-0.3, -0.25) is 0 Å². The Labute approximate surface area is 595 Å². The van der Waals surface area contributed by atoms with Crippen molar-refractivity contribution in [1.29, 1.82) is 0 Å². The summed E-state index contributed by atoms with van der Waals surface area (Å²) in [4.78, 5) is 20.9. The Morgan fingerprint density at radius 1 is 0.138 bits per heavy atom. The van der Waals surface area contributed by atoms with Gasteiger partial charge in [-0.15, -0.1) is 0 Å². The molecular weight excluding hydrogens is 1150 g/mol. The lowest BCUT2D eigenvalue weighted by Crippen LogP contribution is -2.37. The number of hydrogen-bond donors (Lipinski definition) is 0. The second kappa shape index (κ2) is 64.8. The molecule has 8 saturated heterocycles. The molecule has 8 heterocycles. The zero-order valence-electron chi connectivity index (χ0n) is 68.0.